The molecule has 14 heteroatoms. The van der Waals surface area contributed by atoms with E-state index in [1.165, 1.54) is 12.8 Å². The first kappa shape index (κ1) is 28.7. The van der Waals surface area contributed by atoms with E-state index in [9.17, 15) is 31.5 Å². The van der Waals surface area contributed by atoms with Crippen molar-refractivity contribution in [1.29, 1.82) is 0 Å². The summed E-state index contributed by atoms with van der Waals surface area (Å²) in [5.41, 5.74) is -0.120. The largest absolute Gasteiger partial charge is 0.405 e. The number of hydrogen-bond acceptors (Lipinski definition) is 7. The molecule has 2 N–H and O–H groups in total. The van der Waals surface area contributed by atoms with Crippen LogP contribution in [0.1, 0.15) is 53.7 Å². The fourth-order valence-corrected chi connectivity index (χ4v) is 4.88. The predicted molar refractivity (Wildman–Crippen MR) is 128 cm³/mol. The number of pyridine rings is 1. The number of hydrogen-bond donors (Lipinski definition) is 2. The summed E-state index contributed by atoms with van der Waals surface area (Å²) < 4.78 is 69.3. The van der Waals surface area contributed by atoms with Crippen LogP contribution in [0.25, 0.3) is 10.4 Å². The molecule has 2 atom stereocenters. The number of carbonyl (C=O) groups is 2. The molecular weight excluding hydrogens is 521 g/mol. The highest BCUT2D eigenvalue weighted by atomic mass is 32.1. The number of rotatable bonds is 7. The Kier molecular flexibility index (Phi) is 9.76. The zero-order valence-corrected chi connectivity index (χ0v) is 21.1. The van der Waals surface area contributed by atoms with Gasteiger partial charge in [-0.2, -0.15) is 13.2 Å². The van der Waals surface area contributed by atoms with E-state index in [2.05, 4.69) is 22.2 Å². The first-order chi connectivity index (χ1) is 17.5. The van der Waals surface area contributed by atoms with Crippen molar-refractivity contribution in [1.82, 2.24) is 20.2 Å². The average Bonchev–Trinajstić information content (AvgIpc) is 3.59. The third kappa shape index (κ3) is 8.06. The van der Waals surface area contributed by atoms with E-state index < -0.39 is 30.6 Å². The second-order valence-electron chi connectivity index (χ2n) is 8.73. The van der Waals surface area contributed by atoms with Crippen molar-refractivity contribution >= 4 is 29.5 Å². The van der Waals surface area contributed by atoms with Gasteiger partial charge in [0.05, 0.1) is 23.2 Å². The molecule has 2 aromatic heterocycles. The van der Waals surface area contributed by atoms with E-state index in [4.69, 9.17) is 4.74 Å². The minimum atomic E-state index is -4.51. The van der Waals surface area contributed by atoms with Crippen LogP contribution in [0.2, 0.25) is 0 Å². The zero-order chi connectivity index (χ0) is 27.2. The number of ether oxygens (including phenoxy) is 1. The van der Waals surface area contributed by atoms with Crippen LogP contribution in [0.3, 0.4) is 0 Å². The molecule has 2 aliphatic heterocycles. The second kappa shape index (κ2) is 12.6. The van der Waals surface area contributed by atoms with Gasteiger partial charge in [0.2, 0.25) is 6.41 Å². The van der Waals surface area contributed by atoms with Gasteiger partial charge in [-0.05, 0) is 39.2 Å². The van der Waals surface area contributed by atoms with E-state index in [-0.39, 0.29) is 22.4 Å². The highest BCUT2D eigenvalue weighted by Crippen LogP contribution is 2.37. The summed E-state index contributed by atoms with van der Waals surface area (Å²) in [6, 6.07) is 1.24. The van der Waals surface area contributed by atoms with Crippen molar-refractivity contribution in [3.05, 3.63) is 28.5 Å². The number of nitrogens with zero attached hydrogens (tertiary/aromatic N) is 3. The molecule has 0 bridgehead atoms. The van der Waals surface area contributed by atoms with Crippen LogP contribution >= 0.6 is 11.3 Å². The number of amides is 2. The van der Waals surface area contributed by atoms with Crippen molar-refractivity contribution in [2.75, 3.05) is 31.6 Å². The normalized spacial score (nSPS) is 19.5. The Balaban J connectivity index is 0.000000405. The Morgan fingerprint density at radius 1 is 1.35 bits per heavy atom. The van der Waals surface area contributed by atoms with Gasteiger partial charge < -0.3 is 20.3 Å². The van der Waals surface area contributed by atoms with Crippen LogP contribution in [-0.2, 0) is 9.53 Å². The van der Waals surface area contributed by atoms with Gasteiger partial charge in [0.1, 0.15) is 12.4 Å². The number of halogens is 5. The number of alkyl halides is 5. The van der Waals surface area contributed by atoms with Gasteiger partial charge in [-0.3, -0.25) is 9.59 Å². The summed E-state index contributed by atoms with van der Waals surface area (Å²) >= 11 is 0.921. The molecule has 2 fully saturated rings. The number of aromatic nitrogens is 2. The maximum Gasteiger partial charge on any atom is 0.405 e. The Morgan fingerprint density at radius 2 is 2.11 bits per heavy atom. The van der Waals surface area contributed by atoms with Crippen molar-refractivity contribution < 1.29 is 36.3 Å². The Bertz CT molecular complexity index is 1080. The molecule has 2 aliphatic rings. The topological polar surface area (TPSA) is 96.5 Å². The Labute approximate surface area is 214 Å². The SMILES string of the molecule is CC1CCCN1C=O.Cc1nc(C(=O)NC2CCOC2)sc1-c1cnc(NCC(F)(F)F)cc1C(F)F. The number of carbonyl (C=O) groups excluding carboxylic acids is 2. The molecular formula is C23H28F5N5O3S. The lowest BCUT2D eigenvalue weighted by molar-refractivity contribution is -0.118. The molecule has 8 nitrogen and oxygen atoms in total. The van der Waals surface area contributed by atoms with E-state index in [1.54, 1.807) is 6.92 Å². The first-order valence-corrected chi connectivity index (χ1v) is 12.5. The monoisotopic (exact) mass is 549 g/mol. The molecule has 0 aliphatic carbocycles. The summed E-state index contributed by atoms with van der Waals surface area (Å²) in [4.78, 5) is 32.6. The summed E-state index contributed by atoms with van der Waals surface area (Å²) in [5, 5.41) is 4.85. The molecule has 2 aromatic rings. The Hall–Kier alpha value is -2.87. The molecule has 0 aromatic carbocycles. The van der Waals surface area contributed by atoms with Gasteiger partial charge in [0, 0.05) is 36.5 Å². The van der Waals surface area contributed by atoms with E-state index >= 15 is 0 Å². The molecule has 0 saturated carbocycles. The van der Waals surface area contributed by atoms with Crippen LogP contribution in [0, 0.1) is 6.92 Å². The van der Waals surface area contributed by atoms with Crippen molar-refractivity contribution in [2.24, 2.45) is 0 Å². The predicted octanol–water partition coefficient (Wildman–Crippen LogP) is 4.57. The fourth-order valence-electron chi connectivity index (χ4n) is 3.88. The molecule has 0 spiro atoms. The van der Waals surface area contributed by atoms with Gasteiger partial charge >= 0.3 is 6.18 Å². The number of aryl methyl sites for hydroxylation is 1. The molecule has 204 valence electrons. The number of likely N-dealkylation sites (tertiary alicyclic amines) is 1. The van der Waals surface area contributed by atoms with Gasteiger partial charge in [0.25, 0.3) is 12.3 Å². The van der Waals surface area contributed by atoms with Gasteiger partial charge in [0.15, 0.2) is 5.01 Å². The second-order valence-corrected chi connectivity index (χ2v) is 9.73. The highest BCUT2D eigenvalue weighted by Gasteiger charge is 2.28. The smallest absolute Gasteiger partial charge is 0.379 e. The number of anilines is 1. The number of thiazole rings is 1. The summed E-state index contributed by atoms with van der Waals surface area (Å²) in [6.45, 7) is 4.16. The summed E-state index contributed by atoms with van der Waals surface area (Å²) in [6.07, 6.45) is -2.42. The van der Waals surface area contributed by atoms with Crippen LogP contribution < -0.4 is 10.6 Å². The maximum absolute atomic E-state index is 13.5. The minimum Gasteiger partial charge on any atom is -0.379 e. The average molecular weight is 550 g/mol. The Morgan fingerprint density at radius 3 is 2.65 bits per heavy atom. The lowest BCUT2D eigenvalue weighted by Gasteiger charge is -2.13. The van der Waals surface area contributed by atoms with Crippen LogP contribution in [0.5, 0.6) is 0 Å². The quantitative estimate of drug-likeness (QED) is 0.388. The summed E-state index contributed by atoms with van der Waals surface area (Å²) in [7, 11) is 0. The van der Waals surface area contributed by atoms with Crippen LogP contribution in [0.4, 0.5) is 27.8 Å². The van der Waals surface area contributed by atoms with E-state index in [0.717, 1.165) is 36.6 Å². The van der Waals surface area contributed by atoms with Gasteiger partial charge in [-0.1, -0.05) is 0 Å². The number of nitrogens with one attached hydrogen (secondary N) is 2. The zero-order valence-electron chi connectivity index (χ0n) is 20.3. The van der Waals surface area contributed by atoms with Crippen molar-refractivity contribution in [3.8, 4) is 10.4 Å². The third-order valence-corrected chi connectivity index (χ3v) is 7.07. The molecule has 37 heavy (non-hydrogen) atoms. The highest BCUT2D eigenvalue weighted by molar-refractivity contribution is 7.17. The van der Waals surface area contributed by atoms with Crippen molar-refractivity contribution in [2.45, 2.75) is 57.8 Å². The van der Waals surface area contributed by atoms with Crippen molar-refractivity contribution in [3.63, 3.8) is 0 Å². The molecule has 4 heterocycles. The molecule has 4 rings (SSSR count). The first-order valence-electron chi connectivity index (χ1n) is 11.6. The lowest BCUT2D eigenvalue weighted by Crippen LogP contribution is -2.34. The molecule has 2 saturated heterocycles. The maximum atomic E-state index is 13.5. The van der Waals surface area contributed by atoms with Crippen LogP contribution in [0.15, 0.2) is 12.3 Å². The summed E-state index contributed by atoms with van der Waals surface area (Å²) in [5.74, 6) is -0.752. The lowest BCUT2D eigenvalue weighted by atomic mass is 10.1. The standard InChI is InChI=1S/C17H17F5N4O2S.C6H11NO/c1-8-13(29-16(25-8)15(27)26-9-2-3-28-6-9)11-5-23-12(4-10(11)14(18)19)24-7-17(20,21)22;1-6-3-2-4-7(6)5-8/h4-5,9,14H,2-3,6-7H2,1H3,(H,23,24)(H,26,27);5-6H,2-4H2,1H3. The van der Waals surface area contributed by atoms with Gasteiger partial charge in [-0.15, -0.1) is 11.3 Å². The van der Waals surface area contributed by atoms with E-state index in [0.29, 0.717) is 36.2 Å². The molecule has 0 radical (unpaired) electrons. The third-order valence-electron chi connectivity index (χ3n) is 5.88. The molecule has 2 amide bonds. The van der Waals surface area contributed by atoms with Gasteiger partial charge in [-0.25, -0.2) is 18.7 Å². The fraction of sp³-hybridized carbons (Fsp3) is 0.565. The van der Waals surface area contributed by atoms with Crippen LogP contribution in [-0.4, -0.2) is 71.7 Å². The molecule has 2 unspecified atom stereocenters. The minimum absolute atomic E-state index is 0.0239. The van der Waals surface area contributed by atoms with E-state index in [1.807, 2.05) is 10.2 Å².